The van der Waals surface area contributed by atoms with Crippen LogP contribution in [0.1, 0.15) is 0 Å². The number of anilines is 3. The van der Waals surface area contributed by atoms with Gasteiger partial charge in [-0.05, 0) is 36.4 Å². The van der Waals surface area contributed by atoms with E-state index >= 15 is 0 Å². The Balaban J connectivity index is 1.62. The number of hydrogen-bond donors (Lipinski definition) is 1. The zero-order chi connectivity index (χ0) is 14.7. The maximum absolute atomic E-state index is 5.73. The van der Waals surface area contributed by atoms with E-state index in [9.17, 15) is 0 Å². The van der Waals surface area contributed by atoms with E-state index in [0.717, 1.165) is 43.4 Å². The minimum absolute atomic E-state index is 0.791. The molecular weight excluding hydrogens is 264 g/mol. The first-order valence-corrected chi connectivity index (χ1v) is 7.12. The molecule has 0 atom stereocenters. The first kappa shape index (κ1) is 13.5. The molecule has 1 aliphatic heterocycles. The Hall–Kier alpha value is -2.43. The Labute approximate surface area is 125 Å². The second-order valence-corrected chi connectivity index (χ2v) is 5.12. The van der Waals surface area contributed by atoms with Crippen molar-refractivity contribution in [3.8, 4) is 5.75 Å². The van der Waals surface area contributed by atoms with Crippen LogP contribution in [-0.4, -0.2) is 38.3 Å². The second kappa shape index (κ2) is 5.91. The van der Waals surface area contributed by atoms with Crippen LogP contribution in [0, 0.1) is 0 Å². The van der Waals surface area contributed by atoms with Crippen molar-refractivity contribution in [3.63, 3.8) is 0 Å². The summed E-state index contributed by atoms with van der Waals surface area (Å²) in [5, 5.41) is 0. The number of nitrogens with two attached hydrogens (primary N) is 1. The van der Waals surface area contributed by atoms with Crippen molar-refractivity contribution in [1.29, 1.82) is 0 Å². The molecule has 5 heteroatoms. The molecule has 0 spiro atoms. The van der Waals surface area contributed by atoms with Gasteiger partial charge in [-0.1, -0.05) is 0 Å². The maximum Gasteiger partial charge on any atom is 0.137 e. The molecule has 1 fully saturated rings. The number of nitrogen functional groups attached to an aromatic ring is 1. The molecule has 5 nitrogen and oxygen atoms in total. The van der Waals surface area contributed by atoms with E-state index in [1.807, 2.05) is 24.3 Å². The lowest BCUT2D eigenvalue weighted by molar-refractivity contribution is 0.413. The largest absolute Gasteiger partial charge is 0.495 e. The highest BCUT2D eigenvalue weighted by Crippen LogP contribution is 2.21. The predicted molar refractivity (Wildman–Crippen MR) is 86.1 cm³/mol. The van der Waals surface area contributed by atoms with Crippen LogP contribution in [0.2, 0.25) is 0 Å². The Morgan fingerprint density at radius 1 is 0.952 bits per heavy atom. The standard InChI is InChI=1S/C16H20N4O/c1-21-15-6-7-16(18-12-15)20-10-8-19(9-11-20)14-4-2-13(17)3-5-14/h2-7,12H,8-11,17H2,1H3. The van der Waals surface area contributed by atoms with Crippen molar-refractivity contribution in [1.82, 2.24) is 4.98 Å². The molecule has 2 aromatic rings. The van der Waals surface area contributed by atoms with Crippen LogP contribution in [0.4, 0.5) is 17.2 Å². The first-order chi connectivity index (χ1) is 10.3. The SMILES string of the molecule is COc1ccc(N2CCN(c3ccc(N)cc3)CC2)nc1. The Kier molecular flexibility index (Phi) is 3.81. The van der Waals surface area contributed by atoms with Gasteiger partial charge >= 0.3 is 0 Å². The van der Waals surface area contributed by atoms with Gasteiger partial charge in [-0.3, -0.25) is 0 Å². The Morgan fingerprint density at radius 3 is 2.19 bits per heavy atom. The summed E-state index contributed by atoms with van der Waals surface area (Å²) in [6.45, 7) is 3.89. The van der Waals surface area contributed by atoms with Crippen molar-refractivity contribution in [2.45, 2.75) is 0 Å². The molecule has 0 saturated carbocycles. The number of ether oxygens (including phenoxy) is 1. The lowest BCUT2D eigenvalue weighted by Crippen LogP contribution is -2.46. The number of pyridine rings is 1. The van der Waals surface area contributed by atoms with E-state index in [-0.39, 0.29) is 0 Å². The molecule has 0 radical (unpaired) electrons. The van der Waals surface area contributed by atoms with Crippen LogP contribution in [0.3, 0.4) is 0 Å². The van der Waals surface area contributed by atoms with E-state index in [0.29, 0.717) is 0 Å². The fourth-order valence-corrected chi connectivity index (χ4v) is 2.56. The predicted octanol–water partition coefficient (Wildman–Crippen LogP) is 2.00. The van der Waals surface area contributed by atoms with E-state index in [1.54, 1.807) is 13.3 Å². The van der Waals surface area contributed by atoms with Crippen LogP contribution >= 0.6 is 0 Å². The molecule has 110 valence electrons. The van der Waals surface area contributed by atoms with Crippen molar-refractivity contribution in [3.05, 3.63) is 42.6 Å². The van der Waals surface area contributed by atoms with Gasteiger partial charge in [0.25, 0.3) is 0 Å². The van der Waals surface area contributed by atoms with Crippen molar-refractivity contribution in [2.75, 3.05) is 48.8 Å². The van der Waals surface area contributed by atoms with Gasteiger partial charge in [0.2, 0.25) is 0 Å². The van der Waals surface area contributed by atoms with Crippen LogP contribution in [0.25, 0.3) is 0 Å². The van der Waals surface area contributed by atoms with E-state index in [4.69, 9.17) is 10.5 Å². The summed E-state index contributed by atoms with van der Waals surface area (Å²) in [6.07, 6.45) is 1.77. The molecule has 1 aromatic heterocycles. The maximum atomic E-state index is 5.73. The highest BCUT2D eigenvalue weighted by atomic mass is 16.5. The molecule has 1 aromatic carbocycles. The number of hydrogen-bond acceptors (Lipinski definition) is 5. The molecule has 0 bridgehead atoms. The van der Waals surface area contributed by atoms with E-state index < -0.39 is 0 Å². The zero-order valence-electron chi connectivity index (χ0n) is 12.2. The summed E-state index contributed by atoms with van der Waals surface area (Å²) in [5.74, 6) is 1.80. The summed E-state index contributed by atoms with van der Waals surface area (Å²) in [5.41, 5.74) is 7.77. The van der Waals surface area contributed by atoms with Gasteiger partial charge in [0.1, 0.15) is 11.6 Å². The first-order valence-electron chi connectivity index (χ1n) is 7.12. The third-order valence-corrected chi connectivity index (χ3v) is 3.82. The van der Waals surface area contributed by atoms with Gasteiger partial charge in [-0.25, -0.2) is 4.98 Å². The van der Waals surface area contributed by atoms with Gasteiger partial charge in [-0.2, -0.15) is 0 Å². The number of piperazine rings is 1. The smallest absolute Gasteiger partial charge is 0.137 e. The van der Waals surface area contributed by atoms with Gasteiger partial charge in [0.15, 0.2) is 0 Å². The summed E-state index contributed by atoms with van der Waals surface area (Å²) in [6, 6.07) is 12.0. The minimum Gasteiger partial charge on any atom is -0.495 e. The monoisotopic (exact) mass is 284 g/mol. The van der Waals surface area contributed by atoms with E-state index in [2.05, 4.69) is 26.9 Å². The van der Waals surface area contributed by atoms with Crippen LogP contribution in [-0.2, 0) is 0 Å². The number of aromatic nitrogens is 1. The minimum atomic E-state index is 0.791. The number of rotatable bonds is 3. The topological polar surface area (TPSA) is 54.6 Å². The van der Waals surface area contributed by atoms with Crippen LogP contribution in [0.5, 0.6) is 5.75 Å². The summed E-state index contributed by atoms with van der Waals surface area (Å²) in [4.78, 5) is 9.12. The van der Waals surface area contributed by atoms with Crippen LogP contribution in [0.15, 0.2) is 42.6 Å². The zero-order valence-corrected chi connectivity index (χ0v) is 12.2. The summed E-state index contributed by atoms with van der Waals surface area (Å²) >= 11 is 0. The lowest BCUT2D eigenvalue weighted by Gasteiger charge is -2.36. The molecule has 1 aliphatic rings. The molecule has 21 heavy (non-hydrogen) atoms. The quantitative estimate of drug-likeness (QED) is 0.874. The third kappa shape index (κ3) is 3.02. The highest BCUT2D eigenvalue weighted by molar-refractivity contribution is 5.54. The highest BCUT2D eigenvalue weighted by Gasteiger charge is 2.18. The molecular formula is C16H20N4O. The Morgan fingerprint density at radius 2 is 1.62 bits per heavy atom. The molecule has 0 amide bonds. The van der Waals surface area contributed by atoms with Gasteiger partial charge in [0, 0.05) is 37.6 Å². The van der Waals surface area contributed by atoms with Crippen molar-refractivity contribution >= 4 is 17.2 Å². The average Bonchev–Trinajstić information content (AvgIpc) is 2.56. The average molecular weight is 284 g/mol. The van der Waals surface area contributed by atoms with Gasteiger partial charge in [-0.15, -0.1) is 0 Å². The molecule has 2 N–H and O–H groups in total. The van der Waals surface area contributed by atoms with Gasteiger partial charge in [0.05, 0.1) is 13.3 Å². The second-order valence-electron chi connectivity index (χ2n) is 5.12. The van der Waals surface area contributed by atoms with Gasteiger partial charge < -0.3 is 20.3 Å². The molecule has 1 saturated heterocycles. The number of nitrogens with zero attached hydrogens (tertiary/aromatic N) is 3. The van der Waals surface area contributed by atoms with Crippen molar-refractivity contribution in [2.24, 2.45) is 0 Å². The van der Waals surface area contributed by atoms with E-state index in [1.165, 1.54) is 5.69 Å². The molecule has 0 unspecified atom stereocenters. The summed E-state index contributed by atoms with van der Waals surface area (Å²) in [7, 11) is 1.65. The normalized spacial score (nSPS) is 15.1. The number of methoxy groups -OCH3 is 1. The number of benzene rings is 1. The van der Waals surface area contributed by atoms with Crippen molar-refractivity contribution < 1.29 is 4.74 Å². The summed E-state index contributed by atoms with van der Waals surface area (Å²) < 4.78 is 5.14. The molecule has 2 heterocycles. The molecule has 0 aliphatic carbocycles. The lowest BCUT2D eigenvalue weighted by atomic mass is 10.2. The fraction of sp³-hybridized carbons (Fsp3) is 0.312. The van der Waals surface area contributed by atoms with Crippen LogP contribution < -0.4 is 20.3 Å². The fourth-order valence-electron chi connectivity index (χ4n) is 2.56. The molecule has 3 rings (SSSR count). The third-order valence-electron chi connectivity index (χ3n) is 3.82. The Bertz CT molecular complexity index is 574.